The molecular formula is C12H17N3O4. The molecule has 104 valence electrons. The second kappa shape index (κ2) is 6.14. The van der Waals surface area contributed by atoms with Gasteiger partial charge in [0, 0.05) is 12.6 Å². The summed E-state index contributed by atoms with van der Waals surface area (Å²) >= 11 is 0. The number of aliphatic hydroxyl groups is 1. The van der Waals surface area contributed by atoms with E-state index in [1.807, 2.05) is 0 Å². The van der Waals surface area contributed by atoms with Crippen LogP contribution in [0.15, 0.2) is 18.2 Å². The number of nitrogens with two attached hydrogens (primary N) is 1. The summed E-state index contributed by atoms with van der Waals surface area (Å²) in [6.07, 6.45) is 0. The van der Waals surface area contributed by atoms with E-state index >= 15 is 0 Å². The predicted molar refractivity (Wildman–Crippen MR) is 70.8 cm³/mol. The van der Waals surface area contributed by atoms with E-state index in [1.165, 1.54) is 23.1 Å². The maximum atomic E-state index is 12.3. The minimum atomic E-state index is -0.667. The number of nitrogens with zero attached hydrogens (tertiary/aromatic N) is 2. The standard InChI is InChI=1S/C12H17N3O4/c1-8(2)14(6-7-16)12(17)9-4-3-5-10(13)11(9)15(18)19/h3-5,8,16H,6-7,13H2,1-2H3. The van der Waals surface area contributed by atoms with Crippen LogP contribution in [-0.4, -0.2) is 40.0 Å². The molecule has 0 aromatic heterocycles. The highest BCUT2D eigenvalue weighted by molar-refractivity contribution is 6.00. The summed E-state index contributed by atoms with van der Waals surface area (Å²) < 4.78 is 0. The van der Waals surface area contributed by atoms with Crippen LogP contribution in [0.5, 0.6) is 0 Å². The number of hydrogen-bond acceptors (Lipinski definition) is 5. The Morgan fingerprint density at radius 1 is 1.53 bits per heavy atom. The van der Waals surface area contributed by atoms with Crippen molar-refractivity contribution in [3.8, 4) is 0 Å². The van der Waals surface area contributed by atoms with Crippen LogP contribution in [0, 0.1) is 10.1 Å². The van der Waals surface area contributed by atoms with Crippen molar-refractivity contribution in [2.24, 2.45) is 0 Å². The molecule has 7 nitrogen and oxygen atoms in total. The van der Waals surface area contributed by atoms with E-state index in [4.69, 9.17) is 10.8 Å². The lowest BCUT2D eigenvalue weighted by atomic mass is 10.1. The second-order valence-corrected chi connectivity index (χ2v) is 4.32. The highest BCUT2D eigenvalue weighted by Crippen LogP contribution is 2.27. The van der Waals surface area contributed by atoms with E-state index in [1.54, 1.807) is 13.8 Å². The molecule has 0 saturated carbocycles. The highest BCUT2D eigenvalue weighted by atomic mass is 16.6. The average molecular weight is 267 g/mol. The largest absolute Gasteiger partial charge is 0.395 e. The van der Waals surface area contributed by atoms with Gasteiger partial charge in [-0.3, -0.25) is 14.9 Å². The van der Waals surface area contributed by atoms with Crippen molar-refractivity contribution in [1.29, 1.82) is 0 Å². The van der Waals surface area contributed by atoms with Gasteiger partial charge in [-0.1, -0.05) is 6.07 Å². The zero-order valence-corrected chi connectivity index (χ0v) is 10.9. The van der Waals surface area contributed by atoms with Crippen molar-refractivity contribution < 1.29 is 14.8 Å². The molecule has 0 aliphatic carbocycles. The number of amides is 1. The SMILES string of the molecule is CC(C)N(CCO)C(=O)c1cccc(N)c1[N+](=O)[O-]. The zero-order valence-electron chi connectivity index (χ0n) is 10.9. The van der Waals surface area contributed by atoms with E-state index in [0.717, 1.165) is 0 Å². The topological polar surface area (TPSA) is 110 Å². The summed E-state index contributed by atoms with van der Waals surface area (Å²) in [7, 11) is 0. The van der Waals surface area contributed by atoms with Crippen molar-refractivity contribution in [3.05, 3.63) is 33.9 Å². The number of hydrogen-bond donors (Lipinski definition) is 2. The Hall–Kier alpha value is -2.15. The number of carbonyl (C=O) groups excluding carboxylic acids is 1. The fraction of sp³-hybridized carbons (Fsp3) is 0.417. The van der Waals surface area contributed by atoms with Crippen LogP contribution in [-0.2, 0) is 0 Å². The first-order valence-electron chi connectivity index (χ1n) is 5.84. The van der Waals surface area contributed by atoms with Crippen LogP contribution in [0.1, 0.15) is 24.2 Å². The number of anilines is 1. The summed E-state index contributed by atoms with van der Waals surface area (Å²) in [6, 6.07) is 4.05. The summed E-state index contributed by atoms with van der Waals surface area (Å²) in [5, 5.41) is 20.0. The van der Waals surface area contributed by atoms with E-state index in [0.29, 0.717) is 0 Å². The Labute approximate surface area is 110 Å². The molecule has 1 amide bonds. The summed E-state index contributed by atoms with van der Waals surface area (Å²) in [6.45, 7) is 3.44. The number of rotatable bonds is 5. The van der Waals surface area contributed by atoms with Crippen molar-refractivity contribution >= 4 is 17.3 Å². The minimum absolute atomic E-state index is 0.0523. The first-order valence-corrected chi connectivity index (χ1v) is 5.84. The molecule has 0 unspecified atom stereocenters. The number of para-hydroxylation sites is 1. The van der Waals surface area contributed by atoms with Crippen molar-refractivity contribution in [2.45, 2.75) is 19.9 Å². The van der Waals surface area contributed by atoms with Crippen LogP contribution in [0.4, 0.5) is 11.4 Å². The zero-order chi connectivity index (χ0) is 14.6. The second-order valence-electron chi connectivity index (χ2n) is 4.32. The Bertz CT molecular complexity index is 488. The van der Waals surface area contributed by atoms with E-state index in [-0.39, 0.29) is 30.4 Å². The summed E-state index contributed by atoms with van der Waals surface area (Å²) in [4.78, 5) is 24.0. The molecule has 0 bridgehead atoms. The fourth-order valence-corrected chi connectivity index (χ4v) is 1.79. The lowest BCUT2D eigenvalue weighted by Gasteiger charge is -2.25. The molecule has 0 heterocycles. The van der Waals surface area contributed by atoms with Gasteiger partial charge in [-0.05, 0) is 26.0 Å². The lowest BCUT2D eigenvalue weighted by molar-refractivity contribution is -0.384. The number of benzene rings is 1. The molecular weight excluding hydrogens is 250 g/mol. The molecule has 0 saturated heterocycles. The number of aliphatic hydroxyl groups excluding tert-OH is 1. The Balaban J connectivity index is 3.25. The smallest absolute Gasteiger partial charge is 0.304 e. The van der Waals surface area contributed by atoms with Gasteiger partial charge in [0.25, 0.3) is 5.91 Å². The third-order valence-corrected chi connectivity index (χ3v) is 2.71. The molecule has 3 N–H and O–H groups in total. The number of nitro benzene ring substituents is 1. The van der Waals surface area contributed by atoms with Gasteiger partial charge in [-0.2, -0.15) is 0 Å². The van der Waals surface area contributed by atoms with Crippen LogP contribution in [0.3, 0.4) is 0 Å². The maximum absolute atomic E-state index is 12.3. The quantitative estimate of drug-likeness (QED) is 0.470. The molecule has 1 rings (SSSR count). The van der Waals surface area contributed by atoms with Gasteiger partial charge in [0.1, 0.15) is 11.3 Å². The van der Waals surface area contributed by atoms with Gasteiger partial charge < -0.3 is 15.7 Å². The van der Waals surface area contributed by atoms with E-state index in [2.05, 4.69) is 0 Å². The maximum Gasteiger partial charge on any atom is 0.304 e. The first kappa shape index (κ1) is 14.9. The third-order valence-electron chi connectivity index (χ3n) is 2.71. The average Bonchev–Trinajstić information content (AvgIpc) is 2.33. The monoisotopic (exact) mass is 267 g/mol. The molecule has 0 atom stereocenters. The fourth-order valence-electron chi connectivity index (χ4n) is 1.79. The van der Waals surface area contributed by atoms with Gasteiger partial charge in [-0.25, -0.2) is 0 Å². The van der Waals surface area contributed by atoms with Gasteiger partial charge >= 0.3 is 5.69 Å². The van der Waals surface area contributed by atoms with E-state index < -0.39 is 16.5 Å². The lowest BCUT2D eigenvalue weighted by Crippen LogP contribution is -2.39. The molecule has 0 aliphatic heterocycles. The molecule has 7 heteroatoms. The molecule has 0 aliphatic rings. The first-order chi connectivity index (χ1) is 8.90. The van der Waals surface area contributed by atoms with Crippen molar-refractivity contribution in [1.82, 2.24) is 4.90 Å². The van der Waals surface area contributed by atoms with Crippen molar-refractivity contribution in [3.63, 3.8) is 0 Å². The number of nitro groups is 1. The highest BCUT2D eigenvalue weighted by Gasteiger charge is 2.27. The molecule has 1 aromatic rings. The molecule has 0 fully saturated rings. The molecule has 0 spiro atoms. The minimum Gasteiger partial charge on any atom is -0.395 e. The van der Waals surface area contributed by atoms with Crippen LogP contribution < -0.4 is 5.73 Å². The number of nitrogen functional groups attached to an aromatic ring is 1. The van der Waals surface area contributed by atoms with Crippen LogP contribution in [0.2, 0.25) is 0 Å². The van der Waals surface area contributed by atoms with Crippen LogP contribution >= 0.6 is 0 Å². The van der Waals surface area contributed by atoms with Gasteiger partial charge in [-0.15, -0.1) is 0 Å². The van der Waals surface area contributed by atoms with Gasteiger partial charge in [0.15, 0.2) is 0 Å². The molecule has 1 aromatic carbocycles. The Kier molecular flexibility index (Phi) is 4.82. The van der Waals surface area contributed by atoms with E-state index in [9.17, 15) is 14.9 Å². The Morgan fingerprint density at radius 3 is 2.63 bits per heavy atom. The number of carbonyl (C=O) groups is 1. The van der Waals surface area contributed by atoms with Gasteiger partial charge in [0.2, 0.25) is 0 Å². The summed E-state index contributed by atoms with van der Waals surface area (Å²) in [5.74, 6) is -0.511. The predicted octanol–water partition coefficient (Wildman–Crippen LogP) is 1.02. The third kappa shape index (κ3) is 3.19. The normalized spacial score (nSPS) is 10.5. The molecule has 19 heavy (non-hydrogen) atoms. The van der Waals surface area contributed by atoms with Crippen LogP contribution in [0.25, 0.3) is 0 Å². The summed E-state index contributed by atoms with van der Waals surface area (Å²) in [5.41, 5.74) is 5.04. The molecule has 0 radical (unpaired) electrons. The van der Waals surface area contributed by atoms with Crippen molar-refractivity contribution in [2.75, 3.05) is 18.9 Å². The Morgan fingerprint density at radius 2 is 2.16 bits per heavy atom. The van der Waals surface area contributed by atoms with Gasteiger partial charge in [0.05, 0.1) is 11.5 Å².